The van der Waals surface area contributed by atoms with E-state index in [4.69, 9.17) is 81.8 Å². The molecule has 6 rings (SSSR count). The van der Waals surface area contributed by atoms with Crippen LogP contribution in [-0.4, -0.2) is 334 Å². The highest BCUT2D eigenvalue weighted by Crippen LogP contribution is 2.40. The van der Waals surface area contributed by atoms with Crippen molar-refractivity contribution in [2.75, 3.05) is 39.6 Å². The number of aliphatic hydroxyl groups is 16. The van der Waals surface area contributed by atoms with Crippen molar-refractivity contribution in [3.05, 3.63) is 0 Å². The SMILES string of the molecule is N[C@H]1[C@@H](OC2[C@@H](CO)O[C@@H](OC3[C@@H](CO)O[C@@H](O)[C@H](N)[C@H]3O)[C@H](N)[C@H]2O)O[C@@](CO)(C(=O)CC(C(=O)[C@]2(CO)O[C@H](OC3[C@@H](CO)O[C@@H](OC4[C@@H](CO)O[C@@H](O)[C@H](N)[C@H]4O)[C@H](N)[C@H]3O)[C@H](N)[C@@H](O)[C@@H]2O)S(=O)(=O)O)[C@@H](O)[C@@H]1O. The van der Waals surface area contributed by atoms with Crippen molar-refractivity contribution < 1.29 is 152 Å². The highest BCUT2D eigenvalue weighted by molar-refractivity contribution is 7.87. The Morgan fingerprint density at radius 2 is 0.744 bits per heavy atom. The number of hydrogen-bond donors (Lipinski definition) is 23. The predicted octanol–water partition coefficient (Wildman–Crippen LogP) is -16.8. The number of Topliss-reactive ketones (excluding diaryl/α,β-unsaturated/α-hetero) is 2. The first-order valence-corrected chi connectivity index (χ1v) is 25.6. The topological polar surface area (TPSA) is 661 Å². The van der Waals surface area contributed by atoms with Gasteiger partial charge in [-0.3, -0.25) is 14.1 Å². The van der Waals surface area contributed by atoms with Crippen LogP contribution in [0.25, 0.3) is 0 Å². The standard InChI is InChI=1S/C40H72N6O31S/c41-14-20(54)26(8(2-47)68-33(14)63)72-35-16(43)22(56)28(10(4-49)70-35)74-37-18(45)24(58)31(61)39(6-51,76-37)13(53)1-12(78(65,66)67)30(60)40(7-52)32(62)25(59)19(46)38(77-40)75-29-11(5-50)71-36(17(44)23(29)57)73-27-9(3-48)69-34(64)15(42)21(27)55/h8-12,14-29,31-38,47-52,54-59,61-64H,1-7,41-46H2,(H,65,66,67)/t8-,9-,10-,11-,12?,14-,15-,16-,17-,18-,19-,20-,21-,22-,23-,24-,25-,26?,27?,28?,29?,31+,32+,33-,34-,35+,36+,37+,38+,39+,40+/m1/s1. The first-order chi connectivity index (χ1) is 36.5. The van der Waals surface area contributed by atoms with Gasteiger partial charge in [-0.1, -0.05) is 0 Å². The first-order valence-electron chi connectivity index (χ1n) is 24.1. The fourth-order valence-electron chi connectivity index (χ4n) is 9.97. The number of carbonyl (C=O) groups excluding carboxylic acids is 2. The van der Waals surface area contributed by atoms with Gasteiger partial charge in [0.25, 0.3) is 10.1 Å². The van der Waals surface area contributed by atoms with E-state index < -0.39 is 256 Å². The summed E-state index contributed by atoms with van der Waals surface area (Å²) in [4.78, 5) is 28.9. The van der Waals surface area contributed by atoms with Gasteiger partial charge < -0.3 is 163 Å². The van der Waals surface area contributed by atoms with Gasteiger partial charge in [0, 0.05) is 6.42 Å². The van der Waals surface area contributed by atoms with Crippen LogP contribution in [0.15, 0.2) is 0 Å². The summed E-state index contributed by atoms with van der Waals surface area (Å²) in [6, 6.07) is -10.5. The van der Waals surface area contributed by atoms with Gasteiger partial charge in [0.05, 0.1) is 75.9 Å². The smallest absolute Gasteiger partial charge is 0.275 e. The molecule has 0 saturated carbocycles. The molecule has 29 N–H and O–H groups in total. The summed E-state index contributed by atoms with van der Waals surface area (Å²) in [5, 5.41) is 167. The Labute approximate surface area is 441 Å². The van der Waals surface area contributed by atoms with Crippen molar-refractivity contribution in [2.24, 2.45) is 34.4 Å². The number of aliphatic hydroxyl groups excluding tert-OH is 16. The molecule has 0 radical (unpaired) electrons. The lowest BCUT2D eigenvalue weighted by atomic mass is 9.78. The lowest BCUT2D eigenvalue weighted by Gasteiger charge is -2.51. The molecule has 0 aromatic heterocycles. The summed E-state index contributed by atoms with van der Waals surface area (Å²) in [5.41, 5.74) is 29.2. The van der Waals surface area contributed by atoms with E-state index in [1.807, 2.05) is 0 Å². The van der Waals surface area contributed by atoms with Crippen molar-refractivity contribution >= 4 is 21.7 Å². The van der Waals surface area contributed by atoms with Crippen molar-refractivity contribution in [1.29, 1.82) is 0 Å². The van der Waals surface area contributed by atoms with Gasteiger partial charge in [-0.15, -0.1) is 0 Å². The second kappa shape index (κ2) is 25.9. The number of ketones is 2. The fourth-order valence-corrected chi connectivity index (χ4v) is 10.8. The Morgan fingerprint density at radius 1 is 0.449 bits per heavy atom. The van der Waals surface area contributed by atoms with Gasteiger partial charge in [-0.2, -0.15) is 8.42 Å². The van der Waals surface area contributed by atoms with Crippen molar-refractivity contribution in [2.45, 2.75) is 195 Å². The second-order valence-electron chi connectivity index (χ2n) is 19.7. The van der Waals surface area contributed by atoms with Gasteiger partial charge >= 0.3 is 0 Å². The minimum Gasteiger partial charge on any atom is -0.394 e. The molecule has 6 heterocycles. The predicted molar refractivity (Wildman–Crippen MR) is 242 cm³/mol. The first kappa shape index (κ1) is 65.1. The fraction of sp³-hybridized carbons (Fsp3) is 0.950. The van der Waals surface area contributed by atoms with Crippen LogP contribution in [0.4, 0.5) is 0 Å². The maximum Gasteiger partial charge on any atom is 0.275 e. The second-order valence-corrected chi connectivity index (χ2v) is 21.3. The van der Waals surface area contributed by atoms with Gasteiger partial charge in [0.1, 0.15) is 97.7 Å². The van der Waals surface area contributed by atoms with Crippen LogP contribution in [0.1, 0.15) is 6.42 Å². The van der Waals surface area contributed by atoms with Crippen LogP contribution in [0, 0.1) is 0 Å². The summed E-state index contributed by atoms with van der Waals surface area (Å²) in [6.07, 6.45) is -45.1. The molecular formula is C40H72N6O31S. The van der Waals surface area contributed by atoms with Gasteiger partial charge in [0.2, 0.25) is 0 Å². The molecule has 454 valence electrons. The van der Waals surface area contributed by atoms with Crippen molar-refractivity contribution in [1.82, 2.24) is 0 Å². The molecule has 0 aromatic rings. The van der Waals surface area contributed by atoms with Crippen LogP contribution in [0.3, 0.4) is 0 Å². The summed E-state index contributed by atoms with van der Waals surface area (Å²) in [5.74, 6) is -4.05. The zero-order chi connectivity index (χ0) is 58.4. The highest BCUT2D eigenvalue weighted by atomic mass is 32.2. The highest BCUT2D eigenvalue weighted by Gasteiger charge is 2.65. The van der Waals surface area contributed by atoms with Crippen LogP contribution in [-0.2, 0) is 67.1 Å². The number of ether oxygens (including phenoxy) is 10. The number of nitrogens with two attached hydrogens (primary N) is 6. The number of rotatable bonds is 20. The molecule has 6 saturated heterocycles. The maximum atomic E-state index is 14.5. The molecule has 0 aromatic carbocycles. The zero-order valence-electron chi connectivity index (χ0n) is 40.9. The average Bonchev–Trinajstić information content (AvgIpc) is 3.55. The minimum absolute atomic E-state index is 0.846. The third-order valence-electron chi connectivity index (χ3n) is 14.9. The van der Waals surface area contributed by atoms with Crippen LogP contribution in [0.5, 0.6) is 0 Å². The van der Waals surface area contributed by atoms with Gasteiger partial charge in [0.15, 0.2) is 65.8 Å². The maximum absolute atomic E-state index is 14.5. The van der Waals surface area contributed by atoms with E-state index in [1.54, 1.807) is 0 Å². The summed E-state index contributed by atoms with van der Waals surface area (Å²) in [6.45, 7) is -7.45. The van der Waals surface area contributed by atoms with E-state index in [0.717, 1.165) is 0 Å². The largest absolute Gasteiger partial charge is 0.394 e. The zero-order valence-corrected chi connectivity index (χ0v) is 41.7. The molecule has 31 atom stereocenters. The van der Waals surface area contributed by atoms with Crippen LogP contribution >= 0.6 is 0 Å². The monoisotopic (exact) mass is 1160 g/mol. The van der Waals surface area contributed by atoms with E-state index in [9.17, 15) is 104 Å². The average molecular weight is 1170 g/mol. The lowest BCUT2D eigenvalue weighted by molar-refractivity contribution is -0.356. The Kier molecular flexibility index (Phi) is 21.6. The molecule has 37 nitrogen and oxygen atoms in total. The van der Waals surface area contributed by atoms with E-state index in [2.05, 4.69) is 0 Å². The summed E-state index contributed by atoms with van der Waals surface area (Å²) >= 11 is 0. The molecule has 78 heavy (non-hydrogen) atoms. The van der Waals surface area contributed by atoms with E-state index in [0.29, 0.717) is 0 Å². The van der Waals surface area contributed by atoms with E-state index in [1.165, 1.54) is 0 Å². The van der Waals surface area contributed by atoms with Crippen LogP contribution in [0.2, 0.25) is 0 Å². The Hall–Kier alpha value is -2.03. The Balaban J connectivity index is 1.22. The molecule has 6 fully saturated rings. The Bertz CT molecular complexity index is 2110. The van der Waals surface area contributed by atoms with Gasteiger partial charge in [-0.25, -0.2) is 0 Å². The number of carbonyl (C=O) groups is 2. The summed E-state index contributed by atoms with van der Waals surface area (Å²) in [7, 11) is -6.04. The normalized spacial score (nSPS) is 50.0. The van der Waals surface area contributed by atoms with E-state index >= 15 is 0 Å². The quantitative estimate of drug-likeness (QED) is 0.0503. The molecule has 0 spiro atoms. The van der Waals surface area contributed by atoms with Crippen molar-refractivity contribution in [3.8, 4) is 0 Å². The van der Waals surface area contributed by atoms with Crippen molar-refractivity contribution in [3.63, 3.8) is 0 Å². The minimum atomic E-state index is -6.04. The third kappa shape index (κ3) is 12.2. The number of hydrogen-bond acceptors (Lipinski definition) is 36. The molecule has 0 bridgehead atoms. The molecular weight excluding hydrogens is 1090 g/mol. The van der Waals surface area contributed by atoms with E-state index in [-0.39, 0.29) is 0 Å². The third-order valence-corrected chi connectivity index (χ3v) is 16.0. The molecule has 38 heteroatoms. The molecule has 0 amide bonds. The molecule has 5 unspecified atom stereocenters. The molecule has 6 aliphatic rings. The molecule has 0 aliphatic carbocycles. The van der Waals surface area contributed by atoms with Crippen LogP contribution < -0.4 is 34.4 Å². The Morgan fingerprint density at radius 3 is 1.08 bits per heavy atom. The van der Waals surface area contributed by atoms with Gasteiger partial charge in [-0.05, 0) is 0 Å². The molecule has 6 aliphatic heterocycles. The lowest BCUT2D eigenvalue weighted by Crippen LogP contribution is -2.75. The summed E-state index contributed by atoms with van der Waals surface area (Å²) < 4.78 is 92.5.